The van der Waals surface area contributed by atoms with Crippen LogP contribution in [-0.2, 0) is 14.8 Å². The zero-order valence-electron chi connectivity index (χ0n) is 16.9. The zero-order chi connectivity index (χ0) is 21.8. The van der Waals surface area contributed by atoms with Crippen LogP contribution in [0.2, 0.25) is 0 Å². The Labute approximate surface area is 181 Å². The summed E-state index contributed by atoms with van der Waals surface area (Å²) in [6, 6.07) is 21.7. The summed E-state index contributed by atoms with van der Waals surface area (Å²) in [5.74, 6) is -0.228. The molecule has 3 aromatic rings. The maximum absolute atomic E-state index is 13.1. The molecule has 0 aromatic heterocycles. The number of benzene rings is 3. The Bertz CT molecular complexity index is 1260. The first kappa shape index (κ1) is 21.0. The number of piperazine rings is 1. The zero-order valence-corrected chi connectivity index (χ0v) is 17.7. The van der Waals surface area contributed by atoms with Gasteiger partial charge in [0.2, 0.25) is 15.9 Å². The minimum absolute atomic E-state index is 0.142. The fourth-order valence-electron chi connectivity index (χ4n) is 3.69. The second-order valence-electron chi connectivity index (χ2n) is 7.39. The first-order valence-corrected chi connectivity index (χ1v) is 11.4. The summed E-state index contributed by atoms with van der Waals surface area (Å²) in [5, 5.41) is 13.8. The quantitative estimate of drug-likeness (QED) is 0.666. The van der Waals surface area contributed by atoms with Gasteiger partial charge in [0, 0.05) is 26.2 Å². The first-order valence-electron chi connectivity index (χ1n) is 9.98. The van der Waals surface area contributed by atoms with E-state index in [9.17, 15) is 13.2 Å². The lowest BCUT2D eigenvalue weighted by molar-refractivity contribution is -0.117. The summed E-state index contributed by atoms with van der Waals surface area (Å²) in [6.07, 6.45) is 0. The van der Waals surface area contributed by atoms with Gasteiger partial charge in [0.1, 0.15) is 6.07 Å². The molecule has 0 atom stereocenters. The fraction of sp³-hybridized carbons (Fsp3) is 0.217. The lowest BCUT2D eigenvalue weighted by atomic mass is 10.1. The molecule has 1 heterocycles. The highest BCUT2D eigenvalue weighted by atomic mass is 32.2. The third-order valence-electron chi connectivity index (χ3n) is 5.38. The summed E-state index contributed by atoms with van der Waals surface area (Å²) in [4.78, 5) is 14.6. The van der Waals surface area contributed by atoms with Crippen LogP contribution in [-0.4, -0.2) is 56.3 Å². The summed E-state index contributed by atoms with van der Waals surface area (Å²) in [5.41, 5.74) is 0.884. The maximum atomic E-state index is 13.1. The number of sulfonamides is 1. The van der Waals surface area contributed by atoms with E-state index >= 15 is 0 Å². The van der Waals surface area contributed by atoms with Crippen LogP contribution in [0, 0.1) is 11.3 Å². The molecular weight excluding hydrogens is 412 g/mol. The molecule has 1 aliphatic rings. The number of nitriles is 1. The van der Waals surface area contributed by atoms with Crippen molar-refractivity contribution in [3.05, 3.63) is 72.3 Å². The smallest absolute Gasteiger partial charge is 0.243 e. The minimum Gasteiger partial charge on any atom is -0.324 e. The molecule has 3 aromatic carbocycles. The normalized spacial score (nSPS) is 15.5. The molecule has 0 unspecified atom stereocenters. The summed E-state index contributed by atoms with van der Waals surface area (Å²) in [7, 11) is -3.59. The second kappa shape index (κ2) is 8.86. The van der Waals surface area contributed by atoms with E-state index in [0.717, 1.165) is 10.8 Å². The molecule has 0 bridgehead atoms. The van der Waals surface area contributed by atoms with Gasteiger partial charge in [-0.05, 0) is 35.0 Å². The van der Waals surface area contributed by atoms with Crippen molar-refractivity contribution >= 4 is 32.4 Å². The lowest BCUT2D eigenvalue weighted by Crippen LogP contribution is -2.50. The van der Waals surface area contributed by atoms with E-state index in [1.165, 1.54) is 4.31 Å². The largest absolute Gasteiger partial charge is 0.324 e. The molecule has 0 radical (unpaired) electrons. The molecular formula is C23H22N4O3S. The Hall–Kier alpha value is -3.25. The predicted molar refractivity (Wildman–Crippen MR) is 119 cm³/mol. The number of rotatable bonds is 5. The molecule has 0 aliphatic carbocycles. The Morgan fingerprint density at radius 2 is 1.61 bits per heavy atom. The van der Waals surface area contributed by atoms with Crippen molar-refractivity contribution < 1.29 is 13.2 Å². The molecule has 1 saturated heterocycles. The number of nitrogens with zero attached hydrogens (tertiary/aromatic N) is 3. The van der Waals surface area contributed by atoms with Crippen LogP contribution in [0.3, 0.4) is 0 Å². The number of hydrogen-bond acceptors (Lipinski definition) is 5. The SMILES string of the molecule is N#Cc1ccccc1NC(=O)CN1CCN(S(=O)(=O)c2ccc3ccccc3c2)CC1. The fourth-order valence-corrected chi connectivity index (χ4v) is 5.15. The number of carbonyl (C=O) groups is 1. The third-order valence-corrected chi connectivity index (χ3v) is 7.27. The average Bonchev–Trinajstić information content (AvgIpc) is 2.79. The molecule has 1 N–H and O–H groups in total. The van der Waals surface area contributed by atoms with Crippen molar-refractivity contribution in [3.8, 4) is 6.07 Å². The van der Waals surface area contributed by atoms with Gasteiger partial charge in [0.25, 0.3) is 0 Å². The van der Waals surface area contributed by atoms with E-state index in [1.807, 2.05) is 35.2 Å². The molecule has 1 aliphatic heterocycles. The van der Waals surface area contributed by atoms with Gasteiger partial charge in [-0.3, -0.25) is 9.69 Å². The van der Waals surface area contributed by atoms with Gasteiger partial charge < -0.3 is 5.32 Å². The van der Waals surface area contributed by atoms with Gasteiger partial charge in [-0.2, -0.15) is 9.57 Å². The van der Waals surface area contributed by atoms with Crippen molar-refractivity contribution in [3.63, 3.8) is 0 Å². The molecule has 8 heteroatoms. The van der Waals surface area contributed by atoms with Gasteiger partial charge in [0.05, 0.1) is 22.7 Å². The average molecular weight is 435 g/mol. The van der Waals surface area contributed by atoms with E-state index in [2.05, 4.69) is 11.4 Å². The highest BCUT2D eigenvalue weighted by molar-refractivity contribution is 7.89. The van der Waals surface area contributed by atoms with Crippen LogP contribution < -0.4 is 5.32 Å². The Kier molecular flexibility index (Phi) is 6.00. The summed E-state index contributed by atoms with van der Waals surface area (Å²) < 4.78 is 27.6. The second-order valence-corrected chi connectivity index (χ2v) is 9.33. The third kappa shape index (κ3) is 4.59. The van der Waals surface area contributed by atoms with Gasteiger partial charge in [0.15, 0.2) is 0 Å². The van der Waals surface area contributed by atoms with Crippen LogP contribution >= 0.6 is 0 Å². The topological polar surface area (TPSA) is 93.5 Å². The molecule has 31 heavy (non-hydrogen) atoms. The van der Waals surface area contributed by atoms with Crippen molar-refractivity contribution in [1.82, 2.24) is 9.21 Å². The van der Waals surface area contributed by atoms with Crippen LogP contribution in [0.25, 0.3) is 10.8 Å². The maximum Gasteiger partial charge on any atom is 0.243 e. The number of carbonyl (C=O) groups excluding carboxylic acids is 1. The van der Waals surface area contributed by atoms with E-state index in [0.29, 0.717) is 37.4 Å². The van der Waals surface area contributed by atoms with Crippen LogP contribution in [0.4, 0.5) is 5.69 Å². The molecule has 7 nitrogen and oxygen atoms in total. The van der Waals surface area contributed by atoms with Crippen molar-refractivity contribution in [2.75, 3.05) is 38.0 Å². The lowest BCUT2D eigenvalue weighted by Gasteiger charge is -2.33. The van der Waals surface area contributed by atoms with E-state index in [-0.39, 0.29) is 17.3 Å². The van der Waals surface area contributed by atoms with Crippen molar-refractivity contribution in [1.29, 1.82) is 5.26 Å². The molecule has 1 fully saturated rings. The number of anilines is 1. The van der Waals surface area contributed by atoms with Crippen LogP contribution in [0.15, 0.2) is 71.6 Å². The Morgan fingerprint density at radius 3 is 2.35 bits per heavy atom. The van der Waals surface area contributed by atoms with Crippen LogP contribution in [0.5, 0.6) is 0 Å². The monoisotopic (exact) mass is 434 g/mol. The number of fused-ring (bicyclic) bond motifs is 1. The van der Waals surface area contributed by atoms with Crippen LogP contribution in [0.1, 0.15) is 5.56 Å². The van der Waals surface area contributed by atoms with Crippen molar-refractivity contribution in [2.45, 2.75) is 4.90 Å². The summed E-state index contributed by atoms with van der Waals surface area (Å²) in [6.45, 7) is 1.69. The van der Waals surface area contributed by atoms with E-state index in [1.54, 1.807) is 36.4 Å². The van der Waals surface area contributed by atoms with Crippen molar-refractivity contribution in [2.24, 2.45) is 0 Å². The highest BCUT2D eigenvalue weighted by Crippen LogP contribution is 2.23. The first-order chi connectivity index (χ1) is 15.0. The van der Waals surface area contributed by atoms with E-state index in [4.69, 9.17) is 5.26 Å². The number of nitrogens with one attached hydrogen (secondary N) is 1. The van der Waals surface area contributed by atoms with E-state index < -0.39 is 10.0 Å². The number of amides is 1. The predicted octanol–water partition coefficient (Wildman–Crippen LogP) is 2.66. The molecule has 0 spiro atoms. The Morgan fingerprint density at radius 1 is 0.935 bits per heavy atom. The molecule has 0 saturated carbocycles. The number of hydrogen-bond donors (Lipinski definition) is 1. The van der Waals surface area contributed by atoms with Gasteiger partial charge >= 0.3 is 0 Å². The van der Waals surface area contributed by atoms with Gasteiger partial charge in [-0.15, -0.1) is 0 Å². The Balaban J connectivity index is 1.37. The molecule has 158 valence electrons. The van der Waals surface area contributed by atoms with Gasteiger partial charge in [-0.25, -0.2) is 8.42 Å². The molecule has 1 amide bonds. The summed E-state index contributed by atoms with van der Waals surface area (Å²) >= 11 is 0. The highest BCUT2D eigenvalue weighted by Gasteiger charge is 2.29. The van der Waals surface area contributed by atoms with Gasteiger partial charge in [-0.1, -0.05) is 42.5 Å². The molecule has 4 rings (SSSR count). The minimum atomic E-state index is -3.59. The number of para-hydroxylation sites is 1. The standard InChI is InChI=1S/C23H22N4O3S/c24-16-20-7-3-4-8-22(20)25-23(28)17-26-11-13-27(14-12-26)31(29,30)21-10-9-18-5-1-2-6-19(18)15-21/h1-10,15H,11-14,17H2,(H,25,28).